The number of alkyl halides is 3. The first-order valence-electron chi connectivity index (χ1n) is 11.6. The summed E-state index contributed by atoms with van der Waals surface area (Å²) < 4.78 is 42.0. The van der Waals surface area contributed by atoms with Gasteiger partial charge in [-0.25, -0.2) is 4.98 Å². The van der Waals surface area contributed by atoms with Gasteiger partial charge in [0, 0.05) is 13.0 Å². The third-order valence-electron chi connectivity index (χ3n) is 6.72. The van der Waals surface area contributed by atoms with E-state index in [2.05, 4.69) is 4.98 Å². The molecular formula is C26H24F3N3O4. The molecule has 0 bridgehead atoms. The van der Waals surface area contributed by atoms with Gasteiger partial charge in [-0.2, -0.15) is 13.2 Å². The third kappa shape index (κ3) is 4.73. The molecule has 2 aromatic carbocycles. The third-order valence-corrected chi connectivity index (χ3v) is 6.72. The highest BCUT2D eigenvalue weighted by Gasteiger charge is 2.48. The number of amides is 1. The van der Waals surface area contributed by atoms with E-state index in [4.69, 9.17) is 9.72 Å². The fourth-order valence-electron chi connectivity index (χ4n) is 4.64. The Kier molecular flexibility index (Phi) is 6.07. The van der Waals surface area contributed by atoms with Gasteiger partial charge in [0.05, 0.1) is 23.2 Å². The first-order valence-corrected chi connectivity index (χ1v) is 11.6. The normalized spacial score (nSPS) is 17.3. The van der Waals surface area contributed by atoms with Gasteiger partial charge in [-0.05, 0) is 36.1 Å². The Morgan fingerprint density at radius 3 is 2.61 bits per heavy atom. The number of H-pyrrole nitrogens is 1. The number of nitrogens with one attached hydrogen (secondary N) is 1. The van der Waals surface area contributed by atoms with Crippen molar-refractivity contribution in [1.29, 1.82) is 0 Å². The minimum atomic E-state index is -4.51. The number of fused-ring (bicyclic) bond motifs is 1. The van der Waals surface area contributed by atoms with E-state index in [1.54, 1.807) is 0 Å². The van der Waals surface area contributed by atoms with Crippen molar-refractivity contribution in [3.05, 3.63) is 93.2 Å². The van der Waals surface area contributed by atoms with Crippen LogP contribution in [0.15, 0.2) is 59.4 Å². The lowest BCUT2D eigenvalue weighted by atomic mass is 9.94. The quantitative estimate of drug-likeness (QED) is 0.542. The zero-order valence-electron chi connectivity index (χ0n) is 19.2. The van der Waals surface area contributed by atoms with Gasteiger partial charge in [0.15, 0.2) is 12.7 Å². The molecule has 2 heterocycles. The Morgan fingerprint density at radius 1 is 1.17 bits per heavy atom. The molecule has 0 radical (unpaired) electrons. The Balaban J connectivity index is 1.32. The molecule has 1 fully saturated rings. The Morgan fingerprint density at radius 2 is 1.92 bits per heavy atom. The molecule has 36 heavy (non-hydrogen) atoms. The molecule has 2 aliphatic rings. The summed E-state index contributed by atoms with van der Waals surface area (Å²) in [6.07, 6.45) is -3.99. The predicted octanol–water partition coefficient (Wildman–Crippen LogP) is 3.41. The minimum Gasteiger partial charge on any atom is -0.484 e. The highest BCUT2D eigenvalue weighted by molar-refractivity contribution is 5.82. The van der Waals surface area contributed by atoms with Crippen molar-refractivity contribution in [2.24, 2.45) is 0 Å². The average molecular weight is 499 g/mol. The summed E-state index contributed by atoms with van der Waals surface area (Å²) in [5.41, 5.74) is 1.61. The SMILES string of the molecule is O=C(C(O)c1cccc(OCC(F)(F)F)c1)N1CCc2nc(C3(c4ccccc4)CC3)[nH]c(=O)c2C1. The molecule has 1 aliphatic carbocycles. The van der Waals surface area contributed by atoms with Crippen LogP contribution in [0.1, 0.15) is 47.2 Å². The van der Waals surface area contributed by atoms with Crippen LogP contribution < -0.4 is 10.3 Å². The van der Waals surface area contributed by atoms with Gasteiger partial charge in [0.1, 0.15) is 11.6 Å². The minimum absolute atomic E-state index is 0.0174. The van der Waals surface area contributed by atoms with E-state index in [0.29, 0.717) is 23.5 Å². The lowest BCUT2D eigenvalue weighted by Crippen LogP contribution is -2.42. The lowest BCUT2D eigenvalue weighted by molar-refractivity contribution is -0.153. The smallest absolute Gasteiger partial charge is 0.422 e. The van der Waals surface area contributed by atoms with E-state index in [1.807, 2.05) is 30.3 Å². The van der Waals surface area contributed by atoms with Crippen molar-refractivity contribution < 1.29 is 27.8 Å². The lowest BCUT2D eigenvalue weighted by Gasteiger charge is -2.30. The maximum absolute atomic E-state index is 13.0. The fourth-order valence-corrected chi connectivity index (χ4v) is 4.64. The second kappa shape index (κ2) is 9.09. The second-order valence-electron chi connectivity index (χ2n) is 9.18. The number of hydrogen-bond donors (Lipinski definition) is 2. The molecule has 1 aromatic heterocycles. The maximum atomic E-state index is 13.0. The molecule has 0 saturated heterocycles. The summed E-state index contributed by atoms with van der Waals surface area (Å²) in [5.74, 6) is -0.130. The number of benzene rings is 2. The number of aliphatic hydroxyl groups excluding tert-OH is 1. The van der Waals surface area contributed by atoms with Crippen molar-refractivity contribution in [3.8, 4) is 5.75 Å². The molecule has 1 amide bonds. The van der Waals surface area contributed by atoms with E-state index in [9.17, 15) is 27.9 Å². The number of nitrogens with zero attached hydrogens (tertiary/aromatic N) is 2. The molecule has 0 spiro atoms. The van der Waals surface area contributed by atoms with Gasteiger partial charge >= 0.3 is 6.18 Å². The largest absolute Gasteiger partial charge is 0.484 e. The molecule has 1 aliphatic heterocycles. The highest BCUT2D eigenvalue weighted by atomic mass is 19.4. The summed E-state index contributed by atoms with van der Waals surface area (Å²) in [7, 11) is 0. The Labute approximate surface area is 204 Å². The number of halogens is 3. The monoisotopic (exact) mass is 499 g/mol. The van der Waals surface area contributed by atoms with Crippen LogP contribution in [-0.4, -0.2) is 45.2 Å². The van der Waals surface area contributed by atoms with Crippen LogP contribution in [0.3, 0.4) is 0 Å². The van der Waals surface area contributed by atoms with Crippen LogP contribution in [0.2, 0.25) is 0 Å². The number of carbonyl (C=O) groups is 1. The number of aromatic amines is 1. The van der Waals surface area contributed by atoms with Gasteiger partial charge in [-0.15, -0.1) is 0 Å². The predicted molar refractivity (Wildman–Crippen MR) is 123 cm³/mol. The highest BCUT2D eigenvalue weighted by Crippen LogP contribution is 2.51. The topological polar surface area (TPSA) is 95.5 Å². The number of aliphatic hydroxyl groups is 1. The maximum Gasteiger partial charge on any atom is 0.422 e. The molecule has 188 valence electrons. The zero-order valence-corrected chi connectivity index (χ0v) is 19.2. The summed E-state index contributed by atoms with van der Waals surface area (Å²) >= 11 is 0. The molecule has 1 atom stereocenters. The summed E-state index contributed by atoms with van der Waals surface area (Å²) in [4.78, 5) is 35.0. The van der Waals surface area contributed by atoms with Crippen LogP contribution in [0, 0.1) is 0 Å². The molecule has 7 nitrogen and oxygen atoms in total. The number of aromatic nitrogens is 2. The fraction of sp³-hybridized carbons (Fsp3) is 0.346. The summed E-state index contributed by atoms with van der Waals surface area (Å²) in [6.45, 7) is -1.25. The average Bonchev–Trinajstić information content (AvgIpc) is 3.69. The van der Waals surface area contributed by atoms with Gasteiger partial charge in [0.2, 0.25) is 0 Å². The van der Waals surface area contributed by atoms with E-state index in [-0.39, 0.29) is 35.4 Å². The number of rotatable bonds is 6. The van der Waals surface area contributed by atoms with Crippen LogP contribution in [-0.2, 0) is 23.2 Å². The van der Waals surface area contributed by atoms with Crippen molar-refractivity contribution in [2.75, 3.05) is 13.2 Å². The summed E-state index contributed by atoms with van der Waals surface area (Å²) in [5, 5.41) is 10.6. The molecule has 1 unspecified atom stereocenters. The van der Waals surface area contributed by atoms with E-state index in [1.165, 1.54) is 29.2 Å². The summed E-state index contributed by atoms with van der Waals surface area (Å²) in [6, 6.07) is 15.3. The number of carbonyl (C=O) groups excluding carboxylic acids is 1. The molecule has 1 saturated carbocycles. The van der Waals surface area contributed by atoms with E-state index in [0.717, 1.165) is 18.4 Å². The molecule has 5 rings (SSSR count). The van der Waals surface area contributed by atoms with Gasteiger partial charge < -0.3 is 19.7 Å². The Bertz CT molecular complexity index is 1340. The van der Waals surface area contributed by atoms with Crippen molar-refractivity contribution in [3.63, 3.8) is 0 Å². The van der Waals surface area contributed by atoms with Crippen molar-refractivity contribution >= 4 is 5.91 Å². The van der Waals surface area contributed by atoms with Crippen LogP contribution in [0.25, 0.3) is 0 Å². The van der Waals surface area contributed by atoms with Gasteiger partial charge in [-0.3, -0.25) is 9.59 Å². The first-order chi connectivity index (χ1) is 17.2. The second-order valence-corrected chi connectivity index (χ2v) is 9.18. The molecule has 10 heteroatoms. The van der Waals surface area contributed by atoms with Gasteiger partial charge in [-0.1, -0.05) is 42.5 Å². The van der Waals surface area contributed by atoms with Crippen LogP contribution >= 0.6 is 0 Å². The molecular weight excluding hydrogens is 475 g/mol. The van der Waals surface area contributed by atoms with E-state index < -0.39 is 24.8 Å². The van der Waals surface area contributed by atoms with Crippen LogP contribution in [0.4, 0.5) is 13.2 Å². The number of hydrogen-bond acceptors (Lipinski definition) is 5. The van der Waals surface area contributed by atoms with E-state index >= 15 is 0 Å². The van der Waals surface area contributed by atoms with Gasteiger partial charge in [0.25, 0.3) is 11.5 Å². The van der Waals surface area contributed by atoms with Crippen molar-refractivity contribution in [2.45, 2.75) is 43.5 Å². The molecule has 2 N–H and O–H groups in total. The first kappa shape index (κ1) is 24.1. The Hall–Kier alpha value is -3.66. The zero-order chi connectivity index (χ0) is 25.5. The number of ether oxygens (including phenoxy) is 1. The van der Waals surface area contributed by atoms with Crippen LogP contribution in [0.5, 0.6) is 5.75 Å². The molecule has 3 aromatic rings. The standard InChI is InChI=1S/C26H24F3N3O4/c27-26(28,29)15-36-18-8-4-5-16(13-18)21(33)23(35)32-12-9-20-19(14-32)22(34)31-24(30-20)25(10-11-25)17-6-2-1-3-7-17/h1-8,13,21,33H,9-12,14-15H2,(H,30,31,34). The van der Waals surface area contributed by atoms with Crippen molar-refractivity contribution in [1.82, 2.24) is 14.9 Å².